The maximum absolute atomic E-state index is 3.85. The number of hydrogen-bond donors (Lipinski definition) is 1. The second-order valence-electron chi connectivity index (χ2n) is 5.12. The van der Waals surface area contributed by atoms with Crippen LogP contribution in [0.2, 0.25) is 0 Å². The quantitative estimate of drug-likeness (QED) is 0.690. The number of rotatable bonds is 2. The molecule has 2 saturated carbocycles. The molecular formula is C12H23N. The second kappa shape index (κ2) is 4.45. The minimum atomic E-state index is 0.859. The van der Waals surface area contributed by atoms with Gasteiger partial charge in [0.1, 0.15) is 0 Å². The van der Waals surface area contributed by atoms with E-state index in [1.54, 1.807) is 0 Å². The first kappa shape index (κ1) is 9.51. The fourth-order valence-corrected chi connectivity index (χ4v) is 2.96. The summed E-state index contributed by atoms with van der Waals surface area (Å²) in [4.78, 5) is 0. The van der Waals surface area contributed by atoms with E-state index in [0.29, 0.717) is 0 Å². The van der Waals surface area contributed by atoms with Gasteiger partial charge in [-0.25, -0.2) is 0 Å². The summed E-state index contributed by atoms with van der Waals surface area (Å²) in [6.07, 6.45) is 11.6. The van der Waals surface area contributed by atoms with E-state index in [1.165, 1.54) is 51.4 Å². The van der Waals surface area contributed by atoms with Gasteiger partial charge in [0.25, 0.3) is 0 Å². The standard InChI is InChI=1S/C12H23N/c1-10-7-8-12(9-10)13-11-5-3-2-4-6-11/h10-13H,2-9H2,1H3/t10-,12+/m0/s1. The Kier molecular flexibility index (Phi) is 3.26. The van der Waals surface area contributed by atoms with Crippen molar-refractivity contribution in [1.29, 1.82) is 0 Å². The lowest BCUT2D eigenvalue weighted by molar-refractivity contribution is 0.334. The van der Waals surface area contributed by atoms with Gasteiger partial charge in [0.15, 0.2) is 0 Å². The third-order valence-corrected chi connectivity index (χ3v) is 3.77. The van der Waals surface area contributed by atoms with E-state index in [2.05, 4.69) is 12.2 Å². The smallest absolute Gasteiger partial charge is 0.00722 e. The Morgan fingerprint density at radius 1 is 0.846 bits per heavy atom. The highest BCUT2D eigenvalue weighted by atomic mass is 15.0. The van der Waals surface area contributed by atoms with Gasteiger partial charge in [-0.05, 0) is 38.0 Å². The fraction of sp³-hybridized carbons (Fsp3) is 1.00. The van der Waals surface area contributed by atoms with Crippen LogP contribution in [-0.4, -0.2) is 12.1 Å². The molecule has 1 heteroatoms. The average molecular weight is 181 g/mol. The van der Waals surface area contributed by atoms with Crippen LogP contribution >= 0.6 is 0 Å². The molecule has 0 aromatic carbocycles. The molecule has 2 aliphatic carbocycles. The Hall–Kier alpha value is -0.0400. The normalized spacial score (nSPS) is 36.7. The van der Waals surface area contributed by atoms with Gasteiger partial charge in [-0.2, -0.15) is 0 Å². The summed E-state index contributed by atoms with van der Waals surface area (Å²) in [5, 5.41) is 3.85. The fourth-order valence-electron chi connectivity index (χ4n) is 2.96. The lowest BCUT2D eigenvalue weighted by Crippen LogP contribution is -2.38. The zero-order valence-electron chi connectivity index (χ0n) is 8.89. The van der Waals surface area contributed by atoms with Crippen LogP contribution in [0.3, 0.4) is 0 Å². The molecule has 0 aromatic rings. The first-order valence-corrected chi connectivity index (χ1v) is 6.10. The summed E-state index contributed by atoms with van der Waals surface area (Å²) in [7, 11) is 0. The van der Waals surface area contributed by atoms with Crippen molar-refractivity contribution in [1.82, 2.24) is 5.32 Å². The van der Waals surface area contributed by atoms with Crippen molar-refractivity contribution in [2.75, 3.05) is 0 Å². The van der Waals surface area contributed by atoms with Crippen molar-refractivity contribution in [2.24, 2.45) is 5.92 Å². The molecule has 2 aliphatic rings. The van der Waals surface area contributed by atoms with E-state index in [9.17, 15) is 0 Å². The third-order valence-electron chi connectivity index (χ3n) is 3.77. The summed E-state index contributed by atoms with van der Waals surface area (Å²) in [6, 6.07) is 1.72. The topological polar surface area (TPSA) is 12.0 Å². The molecule has 76 valence electrons. The van der Waals surface area contributed by atoms with Crippen LogP contribution in [0.15, 0.2) is 0 Å². The molecule has 0 aliphatic heterocycles. The van der Waals surface area contributed by atoms with E-state index in [1.807, 2.05) is 0 Å². The highest BCUT2D eigenvalue weighted by molar-refractivity contribution is 4.83. The van der Waals surface area contributed by atoms with Crippen LogP contribution in [0.25, 0.3) is 0 Å². The Morgan fingerprint density at radius 2 is 1.62 bits per heavy atom. The maximum atomic E-state index is 3.85. The van der Waals surface area contributed by atoms with Crippen molar-refractivity contribution in [3.05, 3.63) is 0 Å². The molecule has 0 spiro atoms. The van der Waals surface area contributed by atoms with E-state index in [4.69, 9.17) is 0 Å². The lowest BCUT2D eigenvalue weighted by Gasteiger charge is -2.26. The zero-order chi connectivity index (χ0) is 9.10. The van der Waals surface area contributed by atoms with Crippen LogP contribution in [0, 0.1) is 5.92 Å². The van der Waals surface area contributed by atoms with Crippen molar-refractivity contribution in [3.8, 4) is 0 Å². The highest BCUT2D eigenvalue weighted by Gasteiger charge is 2.24. The van der Waals surface area contributed by atoms with Crippen molar-refractivity contribution >= 4 is 0 Å². The number of hydrogen-bond acceptors (Lipinski definition) is 1. The molecule has 1 nitrogen and oxygen atoms in total. The first-order chi connectivity index (χ1) is 6.34. The lowest BCUT2D eigenvalue weighted by atomic mass is 9.94. The Bertz CT molecular complexity index is 146. The van der Waals surface area contributed by atoms with Gasteiger partial charge in [0, 0.05) is 12.1 Å². The molecular weight excluding hydrogens is 158 g/mol. The van der Waals surface area contributed by atoms with Crippen molar-refractivity contribution < 1.29 is 0 Å². The summed E-state index contributed by atoms with van der Waals surface area (Å²) in [5.41, 5.74) is 0. The second-order valence-corrected chi connectivity index (χ2v) is 5.12. The summed E-state index contributed by atoms with van der Waals surface area (Å²) < 4.78 is 0. The Balaban J connectivity index is 1.71. The van der Waals surface area contributed by atoms with Crippen LogP contribution in [0.4, 0.5) is 0 Å². The van der Waals surface area contributed by atoms with Crippen molar-refractivity contribution in [3.63, 3.8) is 0 Å². The molecule has 13 heavy (non-hydrogen) atoms. The molecule has 0 radical (unpaired) electrons. The zero-order valence-corrected chi connectivity index (χ0v) is 8.89. The predicted molar refractivity (Wildman–Crippen MR) is 56.8 cm³/mol. The maximum Gasteiger partial charge on any atom is 0.00722 e. The molecule has 2 fully saturated rings. The minimum absolute atomic E-state index is 0.859. The van der Waals surface area contributed by atoms with E-state index in [-0.39, 0.29) is 0 Å². The molecule has 2 rings (SSSR count). The van der Waals surface area contributed by atoms with Gasteiger partial charge in [-0.15, -0.1) is 0 Å². The van der Waals surface area contributed by atoms with Gasteiger partial charge < -0.3 is 5.32 Å². The molecule has 0 aromatic heterocycles. The predicted octanol–water partition coefficient (Wildman–Crippen LogP) is 3.10. The summed E-state index contributed by atoms with van der Waals surface area (Å²) >= 11 is 0. The van der Waals surface area contributed by atoms with E-state index < -0.39 is 0 Å². The largest absolute Gasteiger partial charge is 0.311 e. The van der Waals surface area contributed by atoms with Gasteiger partial charge in [0.05, 0.1) is 0 Å². The van der Waals surface area contributed by atoms with Crippen molar-refractivity contribution in [2.45, 2.75) is 70.4 Å². The highest BCUT2D eigenvalue weighted by Crippen LogP contribution is 2.27. The summed E-state index contributed by atoms with van der Waals surface area (Å²) in [6.45, 7) is 2.39. The van der Waals surface area contributed by atoms with Gasteiger partial charge in [-0.3, -0.25) is 0 Å². The molecule has 0 amide bonds. The van der Waals surface area contributed by atoms with Crippen LogP contribution < -0.4 is 5.32 Å². The van der Waals surface area contributed by atoms with Crippen LogP contribution in [0.5, 0.6) is 0 Å². The number of nitrogens with one attached hydrogen (secondary N) is 1. The minimum Gasteiger partial charge on any atom is -0.311 e. The van der Waals surface area contributed by atoms with Crippen LogP contribution in [-0.2, 0) is 0 Å². The van der Waals surface area contributed by atoms with Gasteiger partial charge >= 0.3 is 0 Å². The third kappa shape index (κ3) is 2.70. The van der Waals surface area contributed by atoms with Gasteiger partial charge in [-0.1, -0.05) is 26.2 Å². The molecule has 1 N–H and O–H groups in total. The van der Waals surface area contributed by atoms with E-state index >= 15 is 0 Å². The molecule has 0 unspecified atom stereocenters. The molecule has 2 atom stereocenters. The summed E-state index contributed by atoms with van der Waals surface area (Å²) in [5.74, 6) is 0.973. The Labute approximate surface area is 82.3 Å². The van der Waals surface area contributed by atoms with Crippen LogP contribution in [0.1, 0.15) is 58.3 Å². The molecule has 0 heterocycles. The Morgan fingerprint density at radius 3 is 2.23 bits per heavy atom. The van der Waals surface area contributed by atoms with Gasteiger partial charge in [0.2, 0.25) is 0 Å². The SMILES string of the molecule is C[C@H]1CC[C@@H](NC2CCCCC2)C1. The molecule has 0 saturated heterocycles. The first-order valence-electron chi connectivity index (χ1n) is 6.10. The monoisotopic (exact) mass is 181 g/mol. The molecule has 0 bridgehead atoms. The average Bonchev–Trinajstić information content (AvgIpc) is 2.53. The van der Waals surface area contributed by atoms with E-state index in [0.717, 1.165) is 18.0 Å².